The molecule has 0 spiro atoms. The molecule has 1 aromatic carbocycles. The van der Waals surface area contributed by atoms with Crippen molar-refractivity contribution < 1.29 is 9.66 Å². The first-order valence-corrected chi connectivity index (χ1v) is 5.60. The third-order valence-electron chi connectivity index (χ3n) is 2.13. The molecule has 94 valence electrons. The SMILES string of the molecule is CN(C)CCCOc1cc([N+](=O)[O-])ccc1Cl. The van der Waals surface area contributed by atoms with Crippen LogP contribution >= 0.6 is 11.6 Å². The zero-order valence-electron chi connectivity index (χ0n) is 9.85. The van der Waals surface area contributed by atoms with Crippen LogP contribution in [0.5, 0.6) is 5.75 Å². The van der Waals surface area contributed by atoms with E-state index in [0.29, 0.717) is 17.4 Å². The van der Waals surface area contributed by atoms with E-state index in [9.17, 15) is 10.1 Å². The number of rotatable bonds is 6. The average Bonchev–Trinajstić information content (AvgIpc) is 2.25. The fraction of sp³-hybridized carbons (Fsp3) is 0.455. The van der Waals surface area contributed by atoms with Crippen molar-refractivity contribution in [1.82, 2.24) is 4.90 Å². The van der Waals surface area contributed by atoms with Gasteiger partial charge in [-0.15, -0.1) is 0 Å². The Hall–Kier alpha value is -1.33. The normalized spacial score (nSPS) is 10.6. The third-order valence-corrected chi connectivity index (χ3v) is 2.45. The molecule has 0 amide bonds. The molecule has 0 aromatic heterocycles. The highest BCUT2D eigenvalue weighted by Gasteiger charge is 2.10. The summed E-state index contributed by atoms with van der Waals surface area (Å²) in [4.78, 5) is 12.2. The van der Waals surface area contributed by atoms with Crippen LogP contribution in [0.2, 0.25) is 5.02 Å². The Labute approximate surface area is 105 Å². The van der Waals surface area contributed by atoms with Gasteiger partial charge in [0.25, 0.3) is 5.69 Å². The fourth-order valence-electron chi connectivity index (χ4n) is 1.28. The Morgan fingerprint density at radius 1 is 1.47 bits per heavy atom. The number of nitrogens with zero attached hydrogens (tertiary/aromatic N) is 2. The molecule has 6 heteroatoms. The van der Waals surface area contributed by atoms with Gasteiger partial charge in [0.1, 0.15) is 5.75 Å². The smallest absolute Gasteiger partial charge is 0.273 e. The maximum absolute atomic E-state index is 10.6. The second-order valence-electron chi connectivity index (χ2n) is 3.88. The van der Waals surface area contributed by atoms with Gasteiger partial charge >= 0.3 is 0 Å². The van der Waals surface area contributed by atoms with Gasteiger partial charge in [0.15, 0.2) is 0 Å². The van der Waals surface area contributed by atoms with Crippen molar-refractivity contribution >= 4 is 17.3 Å². The molecule has 17 heavy (non-hydrogen) atoms. The quantitative estimate of drug-likeness (QED) is 0.447. The van der Waals surface area contributed by atoms with Crippen LogP contribution in [0, 0.1) is 10.1 Å². The molecular weight excluding hydrogens is 244 g/mol. The van der Waals surface area contributed by atoms with Crippen molar-refractivity contribution in [3.8, 4) is 5.75 Å². The van der Waals surface area contributed by atoms with Crippen LogP contribution < -0.4 is 4.74 Å². The Bertz CT molecular complexity index is 396. The molecular formula is C11H15ClN2O3. The fourth-order valence-corrected chi connectivity index (χ4v) is 1.45. The molecule has 0 saturated carbocycles. The summed E-state index contributed by atoms with van der Waals surface area (Å²) in [5.74, 6) is 0.361. The first-order chi connectivity index (χ1) is 8.00. The molecule has 1 rings (SSSR count). The van der Waals surface area contributed by atoms with E-state index in [4.69, 9.17) is 16.3 Å². The van der Waals surface area contributed by atoms with Crippen LogP contribution in [0.3, 0.4) is 0 Å². The van der Waals surface area contributed by atoms with Gasteiger partial charge < -0.3 is 9.64 Å². The second kappa shape index (κ2) is 6.42. The maximum Gasteiger partial charge on any atom is 0.273 e. The minimum Gasteiger partial charge on any atom is -0.492 e. The van der Waals surface area contributed by atoms with Crippen molar-refractivity contribution in [2.45, 2.75) is 6.42 Å². The number of nitro benzene ring substituents is 1. The van der Waals surface area contributed by atoms with Gasteiger partial charge in [-0.3, -0.25) is 10.1 Å². The first-order valence-electron chi connectivity index (χ1n) is 5.22. The van der Waals surface area contributed by atoms with E-state index < -0.39 is 4.92 Å². The monoisotopic (exact) mass is 258 g/mol. The van der Waals surface area contributed by atoms with E-state index in [1.165, 1.54) is 18.2 Å². The summed E-state index contributed by atoms with van der Waals surface area (Å²) in [7, 11) is 3.95. The van der Waals surface area contributed by atoms with Crippen LogP contribution in [0.15, 0.2) is 18.2 Å². The molecule has 0 atom stereocenters. The molecule has 0 aliphatic heterocycles. The molecule has 0 radical (unpaired) electrons. The molecule has 0 heterocycles. The maximum atomic E-state index is 10.6. The first kappa shape index (κ1) is 13.7. The number of nitro groups is 1. The number of hydrogen-bond acceptors (Lipinski definition) is 4. The van der Waals surface area contributed by atoms with Crippen molar-refractivity contribution in [1.29, 1.82) is 0 Å². The number of ether oxygens (including phenoxy) is 1. The molecule has 0 aliphatic rings. The molecule has 0 N–H and O–H groups in total. The van der Waals surface area contributed by atoms with Crippen LogP contribution in [-0.4, -0.2) is 37.1 Å². The van der Waals surface area contributed by atoms with Gasteiger partial charge in [0, 0.05) is 12.6 Å². The molecule has 0 unspecified atom stereocenters. The minimum absolute atomic E-state index is 0.0167. The van der Waals surface area contributed by atoms with E-state index in [0.717, 1.165) is 13.0 Å². The highest BCUT2D eigenvalue weighted by molar-refractivity contribution is 6.32. The standard InChI is InChI=1S/C11H15ClN2O3/c1-13(2)6-3-7-17-11-8-9(14(15)16)4-5-10(11)12/h4-5,8H,3,6-7H2,1-2H3. The highest BCUT2D eigenvalue weighted by Crippen LogP contribution is 2.28. The van der Waals surface area contributed by atoms with Crippen LogP contribution in [0.4, 0.5) is 5.69 Å². The molecule has 0 aliphatic carbocycles. The summed E-state index contributed by atoms with van der Waals surface area (Å²) >= 11 is 5.88. The summed E-state index contributed by atoms with van der Waals surface area (Å²) in [6.45, 7) is 1.38. The Morgan fingerprint density at radius 2 is 2.18 bits per heavy atom. The summed E-state index contributed by atoms with van der Waals surface area (Å²) in [6.07, 6.45) is 0.839. The lowest BCUT2D eigenvalue weighted by atomic mass is 10.3. The lowest BCUT2D eigenvalue weighted by Gasteiger charge is -2.11. The average molecular weight is 259 g/mol. The molecule has 1 aromatic rings. The van der Waals surface area contributed by atoms with Crippen molar-refractivity contribution in [3.63, 3.8) is 0 Å². The minimum atomic E-state index is -0.469. The molecule has 0 saturated heterocycles. The number of hydrogen-bond donors (Lipinski definition) is 0. The van der Waals surface area contributed by atoms with Gasteiger partial charge in [0.05, 0.1) is 22.6 Å². The van der Waals surface area contributed by atoms with E-state index in [1.807, 2.05) is 19.0 Å². The third kappa shape index (κ3) is 4.58. The Kier molecular flexibility index (Phi) is 5.18. The number of non-ortho nitro benzene ring substituents is 1. The van der Waals surface area contributed by atoms with Gasteiger partial charge in [-0.25, -0.2) is 0 Å². The van der Waals surface area contributed by atoms with Crippen molar-refractivity contribution in [2.75, 3.05) is 27.2 Å². The summed E-state index contributed by atoms with van der Waals surface area (Å²) in [6, 6.07) is 4.17. The summed E-state index contributed by atoms with van der Waals surface area (Å²) in [5.41, 5.74) is -0.0167. The lowest BCUT2D eigenvalue weighted by molar-refractivity contribution is -0.384. The van der Waals surface area contributed by atoms with Gasteiger partial charge in [-0.2, -0.15) is 0 Å². The topological polar surface area (TPSA) is 55.6 Å². The number of benzene rings is 1. The largest absolute Gasteiger partial charge is 0.492 e. The van der Waals surface area contributed by atoms with E-state index >= 15 is 0 Å². The van der Waals surface area contributed by atoms with Crippen LogP contribution in [0.1, 0.15) is 6.42 Å². The van der Waals surface area contributed by atoms with E-state index in [2.05, 4.69) is 0 Å². The molecule has 0 fully saturated rings. The predicted molar refractivity (Wildman–Crippen MR) is 66.8 cm³/mol. The highest BCUT2D eigenvalue weighted by atomic mass is 35.5. The predicted octanol–water partition coefficient (Wildman–Crippen LogP) is 2.58. The number of halogens is 1. The lowest BCUT2D eigenvalue weighted by Crippen LogP contribution is -2.15. The van der Waals surface area contributed by atoms with Gasteiger partial charge in [-0.1, -0.05) is 11.6 Å². The molecule has 0 bridgehead atoms. The molecule has 5 nitrogen and oxygen atoms in total. The summed E-state index contributed by atoms with van der Waals surface area (Å²) in [5, 5.41) is 11.0. The van der Waals surface area contributed by atoms with Crippen LogP contribution in [0.25, 0.3) is 0 Å². The summed E-state index contributed by atoms with van der Waals surface area (Å²) < 4.78 is 5.41. The van der Waals surface area contributed by atoms with Gasteiger partial charge in [-0.05, 0) is 26.6 Å². The van der Waals surface area contributed by atoms with Crippen molar-refractivity contribution in [2.24, 2.45) is 0 Å². The Morgan fingerprint density at radius 3 is 2.76 bits per heavy atom. The van der Waals surface area contributed by atoms with E-state index in [-0.39, 0.29) is 5.69 Å². The van der Waals surface area contributed by atoms with Crippen molar-refractivity contribution in [3.05, 3.63) is 33.3 Å². The second-order valence-corrected chi connectivity index (χ2v) is 4.28. The zero-order chi connectivity index (χ0) is 12.8. The van der Waals surface area contributed by atoms with Crippen LogP contribution in [-0.2, 0) is 0 Å². The van der Waals surface area contributed by atoms with E-state index in [1.54, 1.807) is 0 Å². The van der Waals surface area contributed by atoms with Gasteiger partial charge in [0.2, 0.25) is 0 Å². The zero-order valence-corrected chi connectivity index (χ0v) is 10.6. The Balaban J connectivity index is 2.57.